The molecule has 0 amide bonds. The average Bonchev–Trinajstić information content (AvgIpc) is 2.69. The summed E-state index contributed by atoms with van der Waals surface area (Å²) in [5.74, 6) is -2.46. The molecule has 0 bridgehead atoms. The number of aliphatic hydroxyl groups excluding tert-OH is 2. The normalized spacial score (nSPS) is 13.9. The summed E-state index contributed by atoms with van der Waals surface area (Å²) in [7, 11) is 0. The van der Waals surface area contributed by atoms with E-state index in [9.17, 15) is 19.8 Å². The molecule has 0 aliphatic heterocycles. The Morgan fingerprint density at radius 2 is 2.11 bits per heavy atom. The minimum Gasteiger partial charge on any atom is -0.479 e. The fraction of sp³-hybridized carbons (Fsp3) is 0.444. The van der Waals surface area contributed by atoms with E-state index < -0.39 is 24.1 Å². The van der Waals surface area contributed by atoms with Crippen molar-refractivity contribution in [1.29, 1.82) is 0 Å². The number of aliphatic hydroxyl groups is 2. The Hall–Kier alpha value is -1.71. The van der Waals surface area contributed by atoms with Crippen LogP contribution < -0.4 is 5.73 Å². The number of ether oxygens (including phenoxy) is 1. The van der Waals surface area contributed by atoms with E-state index >= 15 is 0 Å². The van der Waals surface area contributed by atoms with Gasteiger partial charge in [-0.15, -0.1) is 0 Å². The number of nitrogen functional groups attached to an aromatic ring is 1. The van der Waals surface area contributed by atoms with Crippen LogP contribution in [-0.2, 0) is 9.53 Å². The molecule has 18 heavy (non-hydrogen) atoms. The molecule has 100 valence electrons. The van der Waals surface area contributed by atoms with E-state index in [4.69, 9.17) is 10.8 Å². The Kier molecular flexibility index (Phi) is 4.59. The second kappa shape index (κ2) is 5.76. The van der Waals surface area contributed by atoms with E-state index in [0.717, 1.165) is 0 Å². The topological polar surface area (TPSA) is 143 Å². The number of rotatable bonds is 5. The maximum absolute atomic E-state index is 11.5. The molecule has 1 aromatic heterocycles. The van der Waals surface area contributed by atoms with Gasteiger partial charge in [-0.25, -0.2) is 14.6 Å². The fourth-order valence-electron chi connectivity index (χ4n) is 1.17. The van der Waals surface area contributed by atoms with Crippen LogP contribution in [0.15, 0.2) is 0 Å². The van der Waals surface area contributed by atoms with Crippen LogP contribution in [0.25, 0.3) is 0 Å². The molecule has 0 radical (unpaired) electrons. The van der Waals surface area contributed by atoms with Gasteiger partial charge in [0.25, 0.3) is 0 Å². The number of nitrogens with two attached hydrogens (primary N) is 1. The average molecular weight is 276 g/mol. The van der Waals surface area contributed by atoms with Gasteiger partial charge < -0.3 is 25.8 Å². The van der Waals surface area contributed by atoms with Crippen LogP contribution in [0.4, 0.5) is 5.13 Å². The van der Waals surface area contributed by atoms with E-state index in [0.29, 0.717) is 11.3 Å². The smallest absolute Gasteiger partial charge is 0.358 e. The van der Waals surface area contributed by atoms with Crippen molar-refractivity contribution in [1.82, 2.24) is 4.98 Å². The predicted molar refractivity (Wildman–Crippen MR) is 61.1 cm³/mol. The van der Waals surface area contributed by atoms with Crippen LogP contribution in [0.1, 0.15) is 28.4 Å². The molecule has 0 aliphatic carbocycles. The maximum atomic E-state index is 11.5. The SMILES string of the molecule is CCOC(=O)c1nc(N)sc1C(O)C(O)C(=O)O. The standard InChI is InChI=1S/C9H12N2O6S/c1-2-17-8(16)3-6(18-9(10)11-3)4(12)5(13)7(14)15/h4-5,12-13H,2H2,1H3,(H2,10,11)(H,14,15). The van der Waals surface area contributed by atoms with Crippen molar-refractivity contribution in [3.63, 3.8) is 0 Å². The zero-order valence-electron chi connectivity index (χ0n) is 9.36. The predicted octanol–water partition coefficient (Wildman–Crippen LogP) is -0.619. The third-order valence-corrected chi connectivity index (χ3v) is 2.91. The number of carboxylic acids is 1. The van der Waals surface area contributed by atoms with Gasteiger partial charge in [0.15, 0.2) is 16.9 Å². The highest BCUT2D eigenvalue weighted by Crippen LogP contribution is 2.29. The highest BCUT2D eigenvalue weighted by molar-refractivity contribution is 7.15. The van der Waals surface area contributed by atoms with Crippen LogP contribution in [0.3, 0.4) is 0 Å². The number of carbonyl (C=O) groups excluding carboxylic acids is 1. The van der Waals surface area contributed by atoms with Gasteiger partial charge in [0, 0.05) is 0 Å². The van der Waals surface area contributed by atoms with Gasteiger partial charge >= 0.3 is 11.9 Å². The number of thiazole rings is 1. The highest BCUT2D eigenvalue weighted by atomic mass is 32.1. The Morgan fingerprint density at radius 3 is 2.61 bits per heavy atom. The van der Waals surface area contributed by atoms with Crippen LogP contribution in [0.2, 0.25) is 0 Å². The molecule has 2 unspecified atom stereocenters. The van der Waals surface area contributed by atoms with Gasteiger partial charge in [0.1, 0.15) is 6.10 Å². The molecule has 1 heterocycles. The minimum absolute atomic E-state index is 0.0373. The first-order valence-corrected chi connectivity index (χ1v) is 5.72. The quantitative estimate of drug-likeness (QED) is 0.521. The Morgan fingerprint density at radius 1 is 1.50 bits per heavy atom. The monoisotopic (exact) mass is 276 g/mol. The number of hydrogen-bond acceptors (Lipinski definition) is 8. The molecule has 1 rings (SSSR count). The lowest BCUT2D eigenvalue weighted by Crippen LogP contribution is -2.28. The molecule has 8 nitrogen and oxygen atoms in total. The summed E-state index contributed by atoms with van der Waals surface area (Å²) in [5, 5.41) is 27.4. The molecule has 2 atom stereocenters. The van der Waals surface area contributed by atoms with Crippen molar-refractivity contribution in [2.75, 3.05) is 12.3 Å². The molecule has 0 aromatic carbocycles. The number of esters is 1. The largest absolute Gasteiger partial charge is 0.479 e. The lowest BCUT2D eigenvalue weighted by Gasteiger charge is -2.12. The van der Waals surface area contributed by atoms with Crippen molar-refractivity contribution in [3.8, 4) is 0 Å². The van der Waals surface area contributed by atoms with Gasteiger partial charge in [0.2, 0.25) is 0 Å². The van der Waals surface area contributed by atoms with Crippen LogP contribution >= 0.6 is 11.3 Å². The third-order valence-electron chi connectivity index (χ3n) is 1.96. The van der Waals surface area contributed by atoms with Gasteiger partial charge in [-0.05, 0) is 6.92 Å². The van der Waals surface area contributed by atoms with E-state index in [1.165, 1.54) is 0 Å². The van der Waals surface area contributed by atoms with Gasteiger partial charge in [-0.2, -0.15) is 0 Å². The fourth-order valence-corrected chi connectivity index (χ4v) is 2.01. The number of carbonyl (C=O) groups is 2. The number of nitrogens with zero attached hydrogens (tertiary/aromatic N) is 1. The number of carboxylic acid groups (broad SMARTS) is 1. The summed E-state index contributed by atoms with van der Waals surface area (Å²) in [6.07, 6.45) is -3.87. The number of anilines is 1. The Labute approximate surface area is 106 Å². The number of aromatic nitrogens is 1. The van der Waals surface area contributed by atoms with Gasteiger partial charge in [0.05, 0.1) is 11.5 Å². The summed E-state index contributed by atoms with van der Waals surface area (Å²) in [6.45, 7) is 1.67. The lowest BCUT2D eigenvalue weighted by molar-refractivity contribution is -0.152. The van der Waals surface area contributed by atoms with Crippen molar-refractivity contribution >= 4 is 28.4 Å². The third kappa shape index (κ3) is 2.94. The first-order chi connectivity index (χ1) is 8.38. The van der Waals surface area contributed by atoms with Crippen molar-refractivity contribution < 1.29 is 29.6 Å². The summed E-state index contributed by atoms with van der Waals surface area (Å²) >= 11 is 0.715. The van der Waals surface area contributed by atoms with Crippen LogP contribution in [-0.4, -0.2) is 45.0 Å². The zero-order valence-corrected chi connectivity index (χ0v) is 10.2. The zero-order chi connectivity index (χ0) is 13.9. The number of aliphatic carboxylic acids is 1. The molecule has 5 N–H and O–H groups in total. The molecule has 9 heteroatoms. The van der Waals surface area contributed by atoms with Gasteiger partial charge in [-0.3, -0.25) is 0 Å². The first-order valence-electron chi connectivity index (χ1n) is 4.90. The molecular weight excluding hydrogens is 264 g/mol. The summed E-state index contributed by atoms with van der Waals surface area (Å²) in [5.41, 5.74) is 5.10. The summed E-state index contributed by atoms with van der Waals surface area (Å²) < 4.78 is 4.68. The molecule has 0 saturated carbocycles. The maximum Gasteiger partial charge on any atom is 0.358 e. The van der Waals surface area contributed by atoms with Gasteiger partial charge in [-0.1, -0.05) is 11.3 Å². The molecule has 0 aliphatic rings. The van der Waals surface area contributed by atoms with E-state index in [-0.39, 0.29) is 22.3 Å². The van der Waals surface area contributed by atoms with E-state index in [2.05, 4.69) is 9.72 Å². The second-order valence-electron chi connectivity index (χ2n) is 3.21. The summed E-state index contributed by atoms with van der Waals surface area (Å²) in [6, 6.07) is 0. The minimum atomic E-state index is -2.07. The Bertz CT molecular complexity index is 460. The van der Waals surface area contributed by atoms with Crippen molar-refractivity contribution in [2.24, 2.45) is 0 Å². The molecular formula is C9H12N2O6S. The van der Waals surface area contributed by atoms with Crippen LogP contribution in [0, 0.1) is 0 Å². The van der Waals surface area contributed by atoms with Crippen molar-refractivity contribution in [2.45, 2.75) is 19.1 Å². The summed E-state index contributed by atoms with van der Waals surface area (Å²) in [4.78, 5) is 25.6. The second-order valence-corrected chi connectivity index (χ2v) is 4.28. The Balaban J connectivity index is 3.08. The van der Waals surface area contributed by atoms with Crippen LogP contribution in [0.5, 0.6) is 0 Å². The first kappa shape index (κ1) is 14.4. The lowest BCUT2D eigenvalue weighted by atomic mass is 10.1. The number of hydrogen-bond donors (Lipinski definition) is 4. The molecule has 1 aromatic rings. The van der Waals surface area contributed by atoms with E-state index in [1.54, 1.807) is 6.92 Å². The molecule has 0 saturated heterocycles. The molecule has 0 fully saturated rings. The highest BCUT2D eigenvalue weighted by Gasteiger charge is 2.32. The molecule has 0 spiro atoms. The van der Waals surface area contributed by atoms with Crippen molar-refractivity contribution in [3.05, 3.63) is 10.6 Å². The van der Waals surface area contributed by atoms with E-state index in [1.807, 2.05) is 0 Å².